The zero-order valence-electron chi connectivity index (χ0n) is 7.86. The van der Waals surface area contributed by atoms with E-state index in [9.17, 15) is 0 Å². The summed E-state index contributed by atoms with van der Waals surface area (Å²) in [6.45, 7) is 2.21. The van der Waals surface area contributed by atoms with E-state index in [1.807, 2.05) is 24.3 Å². The molecule has 0 amide bonds. The fraction of sp³-hybridized carbons (Fsp3) is 0.300. The molecule has 0 atom stereocenters. The molecule has 1 aliphatic rings. The molecule has 0 bridgehead atoms. The predicted molar refractivity (Wildman–Crippen MR) is 56.7 cm³/mol. The number of nitrogens with zero attached hydrogens (tertiary/aromatic N) is 1. The summed E-state index contributed by atoms with van der Waals surface area (Å²) >= 11 is 0. The lowest BCUT2D eigenvalue weighted by atomic mass is 10.3. The number of nitrogen functional groups attached to an aromatic ring is 1. The van der Waals surface area contributed by atoms with Gasteiger partial charge in [0.05, 0.1) is 12.2 Å². The van der Waals surface area contributed by atoms with Crippen molar-refractivity contribution in [1.82, 2.24) is 5.32 Å². The van der Waals surface area contributed by atoms with E-state index >= 15 is 0 Å². The van der Waals surface area contributed by atoms with Crippen molar-refractivity contribution in [2.75, 3.05) is 25.4 Å². The molecule has 0 unspecified atom stereocenters. The monoisotopic (exact) mass is 191 g/mol. The first-order valence-corrected chi connectivity index (χ1v) is 4.61. The Morgan fingerprint density at radius 3 is 3.00 bits per heavy atom. The summed E-state index contributed by atoms with van der Waals surface area (Å²) < 4.78 is 5.50. The minimum atomic E-state index is 0.466. The van der Waals surface area contributed by atoms with Crippen LogP contribution in [0.1, 0.15) is 0 Å². The molecule has 0 spiro atoms. The molecule has 0 saturated carbocycles. The Morgan fingerprint density at radius 2 is 2.29 bits per heavy atom. The van der Waals surface area contributed by atoms with E-state index in [1.165, 1.54) is 0 Å². The molecule has 1 aromatic carbocycles. The van der Waals surface area contributed by atoms with Crippen LogP contribution in [0, 0.1) is 0 Å². The van der Waals surface area contributed by atoms with Gasteiger partial charge >= 0.3 is 0 Å². The maximum absolute atomic E-state index is 5.72. The first-order chi connectivity index (χ1) is 6.86. The highest BCUT2D eigenvalue weighted by Crippen LogP contribution is 2.19. The normalized spacial score (nSPS) is 14.7. The molecular weight excluding hydrogens is 178 g/mol. The van der Waals surface area contributed by atoms with Gasteiger partial charge in [0.15, 0.2) is 0 Å². The fourth-order valence-corrected chi connectivity index (χ4v) is 1.30. The third-order valence-corrected chi connectivity index (χ3v) is 2.03. The second kappa shape index (κ2) is 4.00. The number of amidine groups is 1. The highest BCUT2D eigenvalue weighted by molar-refractivity contribution is 5.85. The summed E-state index contributed by atoms with van der Waals surface area (Å²) in [6, 6.07) is 7.45. The third kappa shape index (κ3) is 1.96. The molecule has 4 heteroatoms. The van der Waals surface area contributed by atoms with Gasteiger partial charge in [-0.05, 0) is 12.1 Å². The van der Waals surface area contributed by atoms with Crippen molar-refractivity contribution < 1.29 is 4.74 Å². The van der Waals surface area contributed by atoms with E-state index in [1.54, 1.807) is 0 Å². The number of hydrogen-bond acceptors (Lipinski definition) is 4. The molecule has 74 valence electrons. The van der Waals surface area contributed by atoms with Crippen LogP contribution in [0.2, 0.25) is 0 Å². The van der Waals surface area contributed by atoms with Crippen LogP contribution < -0.4 is 15.8 Å². The first kappa shape index (κ1) is 8.87. The van der Waals surface area contributed by atoms with Gasteiger partial charge in [0.2, 0.25) is 0 Å². The molecule has 1 aliphatic heterocycles. The SMILES string of the molecule is Nc1ccccc1OCC1=NCCN1. The molecule has 0 aliphatic carbocycles. The Balaban J connectivity index is 1.94. The van der Waals surface area contributed by atoms with Crippen molar-refractivity contribution in [2.24, 2.45) is 4.99 Å². The Bertz CT molecular complexity index is 349. The Kier molecular flexibility index (Phi) is 2.53. The quantitative estimate of drug-likeness (QED) is 0.690. The molecular formula is C10H13N3O. The number of anilines is 1. The average Bonchev–Trinajstić information content (AvgIpc) is 2.69. The van der Waals surface area contributed by atoms with E-state index in [4.69, 9.17) is 10.5 Å². The highest BCUT2D eigenvalue weighted by atomic mass is 16.5. The van der Waals surface area contributed by atoms with Crippen LogP contribution in [-0.4, -0.2) is 25.5 Å². The smallest absolute Gasteiger partial charge is 0.145 e. The second-order valence-electron chi connectivity index (χ2n) is 3.08. The molecule has 3 N–H and O–H groups in total. The number of nitrogens with two attached hydrogens (primary N) is 1. The lowest BCUT2D eigenvalue weighted by molar-refractivity contribution is 0.375. The Hall–Kier alpha value is -1.71. The summed E-state index contributed by atoms with van der Waals surface area (Å²) in [5, 5.41) is 3.13. The van der Waals surface area contributed by atoms with Gasteiger partial charge in [-0.2, -0.15) is 0 Å². The standard InChI is InChI=1S/C10H13N3O/c11-8-3-1-2-4-9(8)14-7-10-12-5-6-13-10/h1-4H,5-7,11H2,(H,12,13). The first-order valence-electron chi connectivity index (χ1n) is 4.61. The minimum Gasteiger partial charge on any atom is -0.484 e. The van der Waals surface area contributed by atoms with Crippen LogP contribution in [0.5, 0.6) is 5.75 Å². The van der Waals surface area contributed by atoms with Crippen LogP contribution in [0.3, 0.4) is 0 Å². The number of benzene rings is 1. The van der Waals surface area contributed by atoms with Crippen LogP contribution in [0.25, 0.3) is 0 Å². The number of aliphatic imine (C=N–C) groups is 1. The van der Waals surface area contributed by atoms with Gasteiger partial charge < -0.3 is 15.8 Å². The number of ether oxygens (including phenoxy) is 1. The largest absolute Gasteiger partial charge is 0.484 e. The van der Waals surface area contributed by atoms with E-state index in [0.29, 0.717) is 18.0 Å². The predicted octanol–water partition coefficient (Wildman–Crippen LogP) is 0.649. The third-order valence-electron chi connectivity index (χ3n) is 2.03. The lowest BCUT2D eigenvalue weighted by Crippen LogP contribution is -2.25. The number of para-hydroxylation sites is 2. The zero-order valence-corrected chi connectivity index (χ0v) is 7.86. The van der Waals surface area contributed by atoms with Gasteiger partial charge in [0, 0.05) is 6.54 Å². The van der Waals surface area contributed by atoms with Crippen LogP contribution in [-0.2, 0) is 0 Å². The summed E-state index contributed by atoms with van der Waals surface area (Å²) in [6.07, 6.45) is 0. The van der Waals surface area contributed by atoms with Crippen LogP contribution in [0.4, 0.5) is 5.69 Å². The summed E-state index contributed by atoms with van der Waals surface area (Å²) in [4.78, 5) is 4.22. The zero-order chi connectivity index (χ0) is 9.80. The number of nitrogens with one attached hydrogen (secondary N) is 1. The average molecular weight is 191 g/mol. The molecule has 4 nitrogen and oxygen atoms in total. The molecule has 2 rings (SSSR count). The molecule has 0 radical (unpaired) electrons. The maximum atomic E-state index is 5.72. The van der Waals surface area contributed by atoms with Crippen molar-refractivity contribution in [3.63, 3.8) is 0 Å². The molecule has 0 fully saturated rings. The lowest BCUT2D eigenvalue weighted by Gasteiger charge is -2.08. The highest BCUT2D eigenvalue weighted by Gasteiger charge is 2.06. The van der Waals surface area contributed by atoms with Crippen molar-refractivity contribution in [1.29, 1.82) is 0 Å². The number of rotatable bonds is 3. The van der Waals surface area contributed by atoms with E-state index in [2.05, 4.69) is 10.3 Å². The van der Waals surface area contributed by atoms with Crippen molar-refractivity contribution >= 4 is 11.5 Å². The molecule has 0 saturated heterocycles. The maximum Gasteiger partial charge on any atom is 0.145 e. The summed E-state index contributed by atoms with van der Waals surface area (Å²) in [5.74, 6) is 1.61. The van der Waals surface area contributed by atoms with Gasteiger partial charge in [-0.15, -0.1) is 0 Å². The van der Waals surface area contributed by atoms with Crippen LogP contribution >= 0.6 is 0 Å². The summed E-state index contributed by atoms with van der Waals surface area (Å²) in [7, 11) is 0. The van der Waals surface area contributed by atoms with Gasteiger partial charge in [-0.25, -0.2) is 0 Å². The van der Waals surface area contributed by atoms with Crippen molar-refractivity contribution in [3.05, 3.63) is 24.3 Å². The molecule has 1 aromatic rings. The molecule has 1 heterocycles. The van der Waals surface area contributed by atoms with Gasteiger partial charge in [-0.3, -0.25) is 4.99 Å². The van der Waals surface area contributed by atoms with Crippen LogP contribution in [0.15, 0.2) is 29.3 Å². The van der Waals surface area contributed by atoms with Crippen molar-refractivity contribution in [2.45, 2.75) is 0 Å². The minimum absolute atomic E-state index is 0.466. The second-order valence-corrected chi connectivity index (χ2v) is 3.08. The van der Waals surface area contributed by atoms with Gasteiger partial charge in [0.25, 0.3) is 0 Å². The Morgan fingerprint density at radius 1 is 1.43 bits per heavy atom. The van der Waals surface area contributed by atoms with E-state index in [0.717, 1.165) is 18.9 Å². The fourth-order valence-electron chi connectivity index (χ4n) is 1.30. The molecule has 0 aromatic heterocycles. The number of hydrogen-bond donors (Lipinski definition) is 2. The van der Waals surface area contributed by atoms with E-state index in [-0.39, 0.29) is 0 Å². The van der Waals surface area contributed by atoms with Gasteiger partial charge in [0.1, 0.15) is 18.2 Å². The Labute approximate surface area is 82.8 Å². The molecule has 14 heavy (non-hydrogen) atoms. The van der Waals surface area contributed by atoms with Gasteiger partial charge in [-0.1, -0.05) is 12.1 Å². The topological polar surface area (TPSA) is 59.6 Å². The van der Waals surface area contributed by atoms with Crippen molar-refractivity contribution in [3.8, 4) is 5.75 Å². The van der Waals surface area contributed by atoms with E-state index < -0.39 is 0 Å². The summed E-state index contributed by atoms with van der Waals surface area (Å²) in [5.41, 5.74) is 6.38.